The lowest BCUT2D eigenvalue weighted by Crippen LogP contribution is -2.51. The lowest BCUT2D eigenvalue weighted by molar-refractivity contribution is -0.284. The Hall–Kier alpha value is -0.670. The first-order valence-corrected chi connectivity index (χ1v) is 5.18. The van der Waals surface area contributed by atoms with Crippen molar-refractivity contribution in [3.8, 4) is 0 Å². The van der Waals surface area contributed by atoms with E-state index in [1.807, 2.05) is 6.08 Å². The molecule has 1 rings (SSSR count). The summed E-state index contributed by atoms with van der Waals surface area (Å²) < 4.78 is 11.1. The largest absolute Gasteiger partial charge is 0.352 e. The van der Waals surface area contributed by atoms with Gasteiger partial charge in [0.15, 0.2) is 11.6 Å². The summed E-state index contributed by atoms with van der Waals surface area (Å²) in [6, 6.07) is 0. The molecule has 0 aromatic carbocycles. The van der Waals surface area contributed by atoms with E-state index in [1.54, 1.807) is 20.3 Å². The third kappa shape index (κ3) is 1.99. The monoisotopic (exact) mass is 212 g/mol. The van der Waals surface area contributed by atoms with Gasteiger partial charge < -0.3 is 9.47 Å². The van der Waals surface area contributed by atoms with Crippen LogP contribution in [0.4, 0.5) is 0 Å². The van der Waals surface area contributed by atoms with E-state index >= 15 is 0 Å². The van der Waals surface area contributed by atoms with Crippen molar-refractivity contribution in [1.29, 1.82) is 0 Å². The average Bonchev–Trinajstić information content (AvgIpc) is 2.53. The number of methoxy groups -OCH3 is 2. The molecular formula is C12H20O3. The Morgan fingerprint density at radius 2 is 1.80 bits per heavy atom. The lowest BCUT2D eigenvalue weighted by atomic mass is 9.77. The van der Waals surface area contributed by atoms with Crippen molar-refractivity contribution < 1.29 is 14.3 Å². The maximum Gasteiger partial charge on any atom is 0.179 e. The summed E-state index contributed by atoms with van der Waals surface area (Å²) >= 11 is 0. The number of ketones is 1. The Bertz CT molecular complexity index is 269. The van der Waals surface area contributed by atoms with Gasteiger partial charge in [-0.1, -0.05) is 26.8 Å². The van der Waals surface area contributed by atoms with Gasteiger partial charge in [0, 0.05) is 32.0 Å². The van der Waals surface area contributed by atoms with Gasteiger partial charge in [0.25, 0.3) is 0 Å². The summed E-state index contributed by atoms with van der Waals surface area (Å²) in [6.45, 7) is 6.16. The van der Waals surface area contributed by atoms with Crippen molar-refractivity contribution >= 4 is 5.78 Å². The van der Waals surface area contributed by atoms with E-state index in [9.17, 15) is 4.79 Å². The normalized spacial score (nSPS) is 22.5. The number of ether oxygens (including phenoxy) is 2. The maximum atomic E-state index is 11.3. The Kier molecular flexibility index (Phi) is 3.36. The van der Waals surface area contributed by atoms with Crippen LogP contribution in [-0.4, -0.2) is 25.8 Å². The van der Waals surface area contributed by atoms with Crippen molar-refractivity contribution in [2.75, 3.05) is 14.2 Å². The first-order chi connectivity index (χ1) is 6.87. The number of carbonyl (C=O) groups excluding carboxylic acids is 1. The van der Waals surface area contributed by atoms with Crippen LogP contribution in [-0.2, 0) is 14.3 Å². The molecule has 0 aromatic rings. The summed E-state index contributed by atoms with van der Waals surface area (Å²) in [7, 11) is 3.26. The van der Waals surface area contributed by atoms with Crippen molar-refractivity contribution in [3.05, 3.63) is 12.2 Å². The molecule has 0 N–H and O–H groups in total. The fourth-order valence-corrected chi connectivity index (χ4v) is 2.39. The Morgan fingerprint density at radius 3 is 2.07 bits per heavy atom. The van der Waals surface area contributed by atoms with Gasteiger partial charge in [-0.3, -0.25) is 4.79 Å². The molecule has 0 saturated carbocycles. The van der Waals surface area contributed by atoms with Gasteiger partial charge in [0.2, 0.25) is 0 Å². The van der Waals surface area contributed by atoms with Crippen LogP contribution >= 0.6 is 0 Å². The van der Waals surface area contributed by atoms with Crippen LogP contribution in [0.1, 0.15) is 27.2 Å². The Labute approximate surface area is 91.4 Å². The van der Waals surface area contributed by atoms with E-state index in [-0.39, 0.29) is 17.1 Å². The number of hydrogen-bond acceptors (Lipinski definition) is 3. The number of allylic oxidation sites excluding steroid dienone is 1. The van der Waals surface area contributed by atoms with Crippen LogP contribution < -0.4 is 0 Å². The van der Waals surface area contributed by atoms with E-state index in [4.69, 9.17) is 9.47 Å². The summed E-state index contributed by atoms with van der Waals surface area (Å²) in [6.07, 6.45) is 3.97. The van der Waals surface area contributed by atoms with E-state index in [1.165, 1.54) is 0 Å². The molecule has 1 atom stereocenters. The second kappa shape index (κ2) is 4.06. The molecule has 0 amide bonds. The third-order valence-corrected chi connectivity index (χ3v) is 3.08. The van der Waals surface area contributed by atoms with Crippen LogP contribution in [0.5, 0.6) is 0 Å². The molecule has 0 aromatic heterocycles. The number of rotatable bonds is 3. The fourth-order valence-electron chi connectivity index (χ4n) is 2.39. The Morgan fingerprint density at radius 1 is 1.27 bits per heavy atom. The highest BCUT2D eigenvalue weighted by molar-refractivity contribution is 5.92. The molecule has 0 heterocycles. The topological polar surface area (TPSA) is 35.5 Å². The highest BCUT2D eigenvalue weighted by atomic mass is 16.7. The zero-order chi connectivity index (χ0) is 11.7. The van der Waals surface area contributed by atoms with Crippen LogP contribution in [0.2, 0.25) is 0 Å². The molecule has 0 saturated heterocycles. The van der Waals surface area contributed by atoms with Crippen molar-refractivity contribution in [2.24, 2.45) is 11.3 Å². The predicted molar refractivity (Wildman–Crippen MR) is 58.5 cm³/mol. The van der Waals surface area contributed by atoms with Gasteiger partial charge in [-0.15, -0.1) is 0 Å². The first-order valence-electron chi connectivity index (χ1n) is 5.18. The van der Waals surface area contributed by atoms with Gasteiger partial charge in [-0.2, -0.15) is 0 Å². The molecule has 0 spiro atoms. The highest BCUT2D eigenvalue weighted by Crippen LogP contribution is 2.43. The van der Waals surface area contributed by atoms with Gasteiger partial charge in [-0.05, 0) is 6.08 Å². The molecular weight excluding hydrogens is 192 g/mol. The number of carbonyl (C=O) groups is 1. The molecule has 3 heteroatoms. The zero-order valence-corrected chi connectivity index (χ0v) is 10.2. The zero-order valence-electron chi connectivity index (χ0n) is 10.2. The minimum Gasteiger partial charge on any atom is -0.352 e. The van der Waals surface area contributed by atoms with Gasteiger partial charge in [0.05, 0.1) is 0 Å². The van der Waals surface area contributed by atoms with Gasteiger partial charge in [-0.25, -0.2) is 0 Å². The lowest BCUT2D eigenvalue weighted by Gasteiger charge is -2.45. The molecule has 86 valence electrons. The fraction of sp³-hybridized carbons (Fsp3) is 0.750. The molecule has 0 fully saturated rings. The molecule has 0 bridgehead atoms. The minimum absolute atomic E-state index is 0.000000000000000444. The van der Waals surface area contributed by atoms with E-state index in [0.29, 0.717) is 6.42 Å². The quantitative estimate of drug-likeness (QED) is 0.672. The van der Waals surface area contributed by atoms with E-state index in [0.717, 1.165) is 0 Å². The first kappa shape index (κ1) is 12.4. The molecule has 1 aliphatic carbocycles. The molecule has 1 aliphatic rings. The van der Waals surface area contributed by atoms with Crippen molar-refractivity contribution in [3.63, 3.8) is 0 Å². The third-order valence-electron chi connectivity index (χ3n) is 3.08. The molecule has 3 nitrogen and oxygen atoms in total. The average molecular weight is 212 g/mol. The molecule has 1 unspecified atom stereocenters. The second-order valence-electron chi connectivity index (χ2n) is 4.96. The Balaban J connectivity index is 3.01. The van der Waals surface area contributed by atoms with Crippen LogP contribution in [0.15, 0.2) is 12.2 Å². The molecule has 15 heavy (non-hydrogen) atoms. The summed E-state index contributed by atoms with van der Waals surface area (Å²) in [4.78, 5) is 11.3. The highest BCUT2D eigenvalue weighted by Gasteiger charge is 2.49. The molecule has 0 radical (unpaired) electrons. The van der Waals surface area contributed by atoms with E-state index in [2.05, 4.69) is 20.8 Å². The van der Waals surface area contributed by atoms with Gasteiger partial charge >= 0.3 is 0 Å². The standard InChI is InChI=1S/C12H20O3/c1-11(2,3)12(14-4,15-5)9-6-7-10(13)8-9/h6-7,9H,8H2,1-5H3. The van der Waals surface area contributed by atoms with Crippen molar-refractivity contribution in [1.82, 2.24) is 0 Å². The number of hydrogen-bond donors (Lipinski definition) is 0. The minimum atomic E-state index is -0.727. The summed E-state index contributed by atoms with van der Waals surface area (Å²) in [5, 5.41) is 0. The molecule has 0 aliphatic heterocycles. The van der Waals surface area contributed by atoms with Crippen LogP contribution in [0.3, 0.4) is 0 Å². The van der Waals surface area contributed by atoms with Crippen LogP contribution in [0, 0.1) is 11.3 Å². The summed E-state index contributed by atoms with van der Waals surface area (Å²) in [5.74, 6) is -0.585. The van der Waals surface area contributed by atoms with Crippen LogP contribution in [0.25, 0.3) is 0 Å². The van der Waals surface area contributed by atoms with Crippen molar-refractivity contribution in [2.45, 2.75) is 33.0 Å². The predicted octanol–water partition coefficient (Wildman–Crippen LogP) is 2.17. The van der Waals surface area contributed by atoms with E-state index < -0.39 is 5.79 Å². The second-order valence-corrected chi connectivity index (χ2v) is 4.96. The summed E-state index contributed by atoms with van der Waals surface area (Å²) in [5.41, 5.74) is -0.184. The van der Waals surface area contributed by atoms with Gasteiger partial charge in [0.1, 0.15) is 0 Å². The maximum absolute atomic E-state index is 11.3. The SMILES string of the molecule is COC(OC)(C1C=CC(=O)C1)C(C)(C)C. The smallest absolute Gasteiger partial charge is 0.179 e.